The van der Waals surface area contributed by atoms with Gasteiger partial charge in [0.1, 0.15) is 5.82 Å². The van der Waals surface area contributed by atoms with Crippen LogP contribution in [0.25, 0.3) is 16.6 Å². The monoisotopic (exact) mass is 464 g/mol. The number of benzene rings is 1. The van der Waals surface area contributed by atoms with E-state index in [1.807, 2.05) is 30.7 Å². The minimum absolute atomic E-state index is 0.0235. The van der Waals surface area contributed by atoms with E-state index in [4.69, 9.17) is 0 Å². The third-order valence-corrected chi connectivity index (χ3v) is 7.67. The molecule has 3 aliphatic rings. The first-order chi connectivity index (χ1) is 16.3. The summed E-state index contributed by atoms with van der Waals surface area (Å²) in [4.78, 5) is 32.4. The van der Waals surface area contributed by atoms with Crippen LogP contribution in [0.15, 0.2) is 42.9 Å². The summed E-state index contributed by atoms with van der Waals surface area (Å²) in [5, 5.41) is 10.6. The zero-order chi connectivity index (χ0) is 24.1. The molecule has 2 saturated heterocycles. The fraction of sp³-hybridized carbons (Fsp3) is 0.423. The summed E-state index contributed by atoms with van der Waals surface area (Å²) in [6, 6.07) is 6.28. The van der Waals surface area contributed by atoms with E-state index in [-0.39, 0.29) is 29.8 Å². The maximum absolute atomic E-state index is 14.3. The van der Waals surface area contributed by atoms with Gasteiger partial charge in [0.25, 0.3) is 5.91 Å². The van der Waals surface area contributed by atoms with Gasteiger partial charge >= 0.3 is 6.09 Å². The standard InChI is InChI=1S/C26H29FN4O3/c1-15(2)29(3)25(32)21-10-17(27)5-7-23(21)31-14-22(19-8-9-28-12-24(19)31)20-11-18-6-4-16(20)13-30(18)26(33)34/h5,7-10,12,14-16,18,20H,4,6,11,13H2,1-3H3,(H,33,34). The molecule has 1 aliphatic carbocycles. The smallest absolute Gasteiger partial charge is 0.407 e. The summed E-state index contributed by atoms with van der Waals surface area (Å²) in [5.74, 6) is -0.240. The molecule has 178 valence electrons. The van der Waals surface area contributed by atoms with Crippen molar-refractivity contribution in [2.75, 3.05) is 13.6 Å². The lowest BCUT2D eigenvalue weighted by molar-refractivity contribution is 0.0358. The summed E-state index contributed by atoms with van der Waals surface area (Å²) < 4.78 is 16.2. The van der Waals surface area contributed by atoms with Crippen molar-refractivity contribution in [1.29, 1.82) is 0 Å². The Bertz CT molecular complexity index is 1270. The molecule has 7 nitrogen and oxygen atoms in total. The molecule has 3 unspecified atom stereocenters. The van der Waals surface area contributed by atoms with Crippen LogP contribution >= 0.6 is 0 Å². The Labute approximate surface area is 197 Å². The van der Waals surface area contributed by atoms with E-state index < -0.39 is 11.9 Å². The predicted octanol–water partition coefficient (Wildman–Crippen LogP) is 4.89. The number of halogens is 1. The van der Waals surface area contributed by atoms with E-state index in [9.17, 15) is 19.1 Å². The maximum atomic E-state index is 14.3. The fourth-order valence-corrected chi connectivity index (χ4v) is 5.64. The molecular formula is C26H29FN4O3. The Hall–Kier alpha value is -3.42. The molecule has 1 aromatic carbocycles. The number of amides is 2. The third-order valence-electron chi connectivity index (χ3n) is 7.67. The van der Waals surface area contributed by atoms with Gasteiger partial charge in [-0.3, -0.25) is 9.78 Å². The number of carbonyl (C=O) groups excluding carboxylic acids is 1. The van der Waals surface area contributed by atoms with E-state index in [0.29, 0.717) is 17.8 Å². The van der Waals surface area contributed by atoms with Gasteiger partial charge in [0.15, 0.2) is 0 Å². The molecule has 8 heteroatoms. The Morgan fingerprint density at radius 3 is 2.71 bits per heavy atom. The van der Waals surface area contributed by atoms with Crippen LogP contribution in [0.1, 0.15) is 54.9 Å². The highest BCUT2D eigenvalue weighted by molar-refractivity contribution is 5.99. The number of hydrogen-bond donors (Lipinski definition) is 1. The van der Waals surface area contributed by atoms with Crippen molar-refractivity contribution >= 4 is 22.9 Å². The Kier molecular flexibility index (Phi) is 5.54. The van der Waals surface area contributed by atoms with Crippen molar-refractivity contribution in [3.63, 3.8) is 0 Å². The molecule has 0 spiro atoms. The zero-order valence-electron chi connectivity index (χ0n) is 19.6. The van der Waals surface area contributed by atoms with E-state index in [1.165, 1.54) is 12.1 Å². The lowest BCUT2D eigenvalue weighted by Gasteiger charge is -2.48. The van der Waals surface area contributed by atoms with Crippen LogP contribution in [0.2, 0.25) is 0 Å². The van der Waals surface area contributed by atoms with Crippen molar-refractivity contribution < 1.29 is 19.1 Å². The quantitative estimate of drug-likeness (QED) is 0.596. The molecule has 3 fully saturated rings. The molecule has 4 heterocycles. The lowest BCUT2D eigenvalue weighted by atomic mass is 9.69. The second-order valence-corrected chi connectivity index (χ2v) is 9.79. The summed E-state index contributed by atoms with van der Waals surface area (Å²) in [6.07, 6.45) is 7.40. The molecule has 1 N–H and O–H groups in total. The number of carboxylic acid groups (broad SMARTS) is 1. The molecule has 1 saturated carbocycles. The lowest BCUT2D eigenvalue weighted by Crippen LogP contribution is -2.53. The Morgan fingerprint density at radius 2 is 2.03 bits per heavy atom. The van der Waals surface area contributed by atoms with Gasteiger partial charge < -0.3 is 19.5 Å². The summed E-state index contributed by atoms with van der Waals surface area (Å²) >= 11 is 0. The molecule has 2 aromatic heterocycles. The maximum Gasteiger partial charge on any atom is 0.407 e. The summed E-state index contributed by atoms with van der Waals surface area (Å²) in [5.41, 5.74) is 2.89. The molecule has 3 atom stereocenters. The van der Waals surface area contributed by atoms with Gasteiger partial charge in [-0.2, -0.15) is 0 Å². The zero-order valence-corrected chi connectivity index (χ0v) is 19.6. The second kappa shape index (κ2) is 8.42. The van der Waals surface area contributed by atoms with Crippen molar-refractivity contribution in [3.8, 4) is 5.69 Å². The van der Waals surface area contributed by atoms with Gasteiger partial charge in [0.2, 0.25) is 0 Å². The van der Waals surface area contributed by atoms with E-state index >= 15 is 0 Å². The van der Waals surface area contributed by atoms with Gasteiger partial charge in [0.05, 0.1) is 23.0 Å². The summed E-state index contributed by atoms with van der Waals surface area (Å²) in [6.45, 7) is 4.38. The number of nitrogens with zero attached hydrogens (tertiary/aromatic N) is 4. The van der Waals surface area contributed by atoms with Crippen LogP contribution in [0.3, 0.4) is 0 Å². The van der Waals surface area contributed by atoms with E-state index in [1.54, 1.807) is 35.3 Å². The number of carbonyl (C=O) groups is 2. The van der Waals surface area contributed by atoms with Crippen molar-refractivity contribution in [2.45, 2.75) is 51.1 Å². The number of aromatic nitrogens is 2. The molecule has 6 rings (SSSR count). The Balaban J connectivity index is 1.62. The number of piperidine rings is 2. The highest BCUT2D eigenvalue weighted by atomic mass is 19.1. The number of pyridine rings is 1. The van der Waals surface area contributed by atoms with Crippen molar-refractivity contribution in [2.24, 2.45) is 5.92 Å². The molecule has 3 aromatic rings. The highest BCUT2D eigenvalue weighted by Crippen LogP contribution is 2.47. The fourth-order valence-electron chi connectivity index (χ4n) is 5.64. The molecular weight excluding hydrogens is 435 g/mol. The van der Waals surface area contributed by atoms with Crippen molar-refractivity contribution in [3.05, 3.63) is 59.8 Å². The first kappa shape index (κ1) is 22.4. The number of hydrogen-bond acceptors (Lipinski definition) is 3. The average Bonchev–Trinajstić information content (AvgIpc) is 3.22. The van der Waals surface area contributed by atoms with Crippen LogP contribution in [0.4, 0.5) is 9.18 Å². The minimum atomic E-state index is -0.844. The molecule has 34 heavy (non-hydrogen) atoms. The van der Waals surface area contributed by atoms with Crippen LogP contribution in [-0.4, -0.2) is 62.1 Å². The largest absolute Gasteiger partial charge is 0.465 e. The SMILES string of the molecule is CC(C)N(C)C(=O)c1cc(F)ccc1-n1cc(C2CC3CCC2CN3C(=O)O)c2ccncc21. The van der Waals surface area contributed by atoms with Crippen LogP contribution in [-0.2, 0) is 0 Å². The van der Waals surface area contributed by atoms with E-state index in [0.717, 1.165) is 35.7 Å². The number of fused-ring (bicyclic) bond motifs is 4. The van der Waals surface area contributed by atoms with E-state index in [2.05, 4.69) is 4.98 Å². The first-order valence-corrected chi connectivity index (χ1v) is 11.8. The molecule has 2 aliphatic heterocycles. The van der Waals surface area contributed by atoms with Gasteiger partial charge in [0, 0.05) is 43.5 Å². The normalized spacial score (nSPS) is 21.9. The predicted molar refractivity (Wildman–Crippen MR) is 127 cm³/mol. The van der Waals surface area contributed by atoms with Gasteiger partial charge in [-0.15, -0.1) is 0 Å². The second-order valence-electron chi connectivity index (χ2n) is 9.79. The number of rotatable bonds is 4. The van der Waals surface area contributed by atoms with Crippen LogP contribution in [0.5, 0.6) is 0 Å². The van der Waals surface area contributed by atoms with Crippen LogP contribution < -0.4 is 0 Å². The van der Waals surface area contributed by atoms with Gasteiger partial charge in [-0.25, -0.2) is 9.18 Å². The summed E-state index contributed by atoms with van der Waals surface area (Å²) in [7, 11) is 1.72. The molecule has 2 bridgehead atoms. The molecule has 2 amide bonds. The minimum Gasteiger partial charge on any atom is -0.465 e. The topological polar surface area (TPSA) is 78.7 Å². The van der Waals surface area contributed by atoms with Gasteiger partial charge in [-0.05, 0) is 74.8 Å². The highest BCUT2D eigenvalue weighted by Gasteiger charge is 2.43. The van der Waals surface area contributed by atoms with Crippen LogP contribution in [0, 0.1) is 11.7 Å². The average molecular weight is 465 g/mol. The third kappa shape index (κ3) is 3.61. The molecule has 0 radical (unpaired) electrons. The van der Waals surface area contributed by atoms with Gasteiger partial charge in [-0.1, -0.05) is 0 Å². The Morgan fingerprint density at radius 1 is 1.24 bits per heavy atom. The first-order valence-electron chi connectivity index (χ1n) is 11.8. The van der Waals surface area contributed by atoms with Crippen molar-refractivity contribution in [1.82, 2.24) is 19.4 Å².